The van der Waals surface area contributed by atoms with E-state index in [2.05, 4.69) is 20.2 Å². The zero-order valence-electron chi connectivity index (χ0n) is 9.00. The molecule has 1 aliphatic rings. The highest BCUT2D eigenvalue weighted by atomic mass is 127. The average molecular weight is 334 g/mol. The highest BCUT2D eigenvalue weighted by Gasteiger charge is 2.11. The van der Waals surface area contributed by atoms with E-state index in [9.17, 15) is 4.79 Å². The maximum Gasteiger partial charge on any atom is 0.266 e. The van der Waals surface area contributed by atoms with Crippen LogP contribution in [-0.2, 0) is 0 Å². The Bertz CT molecular complexity index is 400. The standard InChI is InChI=1S/C10H15IN4O/c11-8-9(13-7-14-10(8)16)12-3-6-15-4-1-2-5-15/h7H,1-6H2,(H2,12,13,14,16). The molecule has 1 aromatic rings. The number of aromatic amines is 1. The summed E-state index contributed by atoms with van der Waals surface area (Å²) in [6.07, 6.45) is 4.05. The quantitative estimate of drug-likeness (QED) is 0.803. The summed E-state index contributed by atoms with van der Waals surface area (Å²) in [6, 6.07) is 0. The number of nitrogens with zero attached hydrogens (tertiary/aromatic N) is 2. The highest BCUT2D eigenvalue weighted by molar-refractivity contribution is 14.1. The first-order valence-corrected chi connectivity index (χ1v) is 6.54. The van der Waals surface area contributed by atoms with E-state index in [1.54, 1.807) is 0 Å². The van der Waals surface area contributed by atoms with Crippen molar-refractivity contribution >= 4 is 28.4 Å². The summed E-state index contributed by atoms with van der Waals surface area (Å²) in [5, 5.41) is 3.20. The molecule has 0 aliphatic carbocycles. The number of aromatic nitrogens is 2. The minimum Gasteiger partial charge on any atom is -0.368 e. The van der Waals surface area contributed by atoms with Crippen molar-refractivity contribution in [3.8, 4) is 0 Å². The van der Waals surface area contributed by atoms with E-state index in [4.69, 9.17) is 0 Å². The largest absolute Gasteiger partial charge is 0.368 e. The molecule has 0 saturated carbocycles. The van der Waals surface area contributed by atoms with Crippen molar-refractivity contribution in [2.24, 2.45) is 0 Å². The van der Waals surface area contributed by atoms with Crippen LogP contribution in [0.5, 0.6) is 0 Å². The molecule has 0 unspecified atom stereocenters. The van der Waals surface area contributed by atoms with Crippen molar-refractivity contribution in [3.05, 3.63) is 20.3 Å². The Hall–Kier alpha value is -0.630. The van der Waals surface area contributed by atoms with Crippen LogP contribution in [0.4, 0.5) is 5.82 Å². The molecule has 16 heavy (non-hydrogen) atoms. The lowest BCUT2D eigenvalue weighted by atomic mass is 10.4. The summed E-state index contributed by atoms with van der Waals surface area (Å²) >= 11 is 2.01. The lowest BCUT2D eigenvalue weighted by Gasteiger charge is -2.15. The molecule has 1 saturated heterocycles. The average Bonchev–Trinajstić information content (AvgIpc) is 2.77. The van der Waals surface area contributed by atoms with E-state index >= 15 is 0 Å². The van der Waals surface area contributed by atoms with Crippen molar-refractivity contribution in [2.75, 3.05) is 31.5 Å². The first kappa shape index (κ1) is 11.8. The number of H-pyrrole nitrogens is 1. The topological polar surface area (TPSA) is 61.0 Å². The molecule has 0 atom stereocenters. The van der Waals surface area contributed by atoms with Crippen LogP contribution in [0.2, 0.25) is 0 Å². The molecular weight excluding hydrogens is 319 g/mol. The number of anilines is 1. The zero-order valence-corrected chi connectivity index (χ0v) is 11.2. The van der Waals surface area contributed by atoms with Gasteiger partial charge in [-0.15, -0.1) is 0 Å². The summed E-state index contributed by atoms with van der Waals surface area (Å²) in [4.78, 5) is 20.4. The molecular formula is C10H15IN4O. The highest BCUT2D eigenvalue weighted by Crippen LogP contribution is 2.09. The summed E-state index contributed by atoms with van der Waals surface area (Å²) < 4.78 is 0.626. The molecule has 2 N–H and O–H groups in total. The molecule has 1 aromatic heterocycles. The Kier molecular flexibility index (Phi) is 4.16. The van der Waals surface area contributed by atoms with Gasteiger partial charge in [-0.25, -0.2) is 4.98 Å². The predicted molar refractivity (Wildman–Crippen MR) is 71.7 cm³/mol. The van der Waals surface area contributed by atoms with Gasteiger partial charge in [0.15, 0.2) is 0 Å². The molecule has 5 nitrogen and oxygen atoms in total. The van der Waals surface area contributed by atoms with Gasteiger partial charge in [-0.2, -0.15) is 0 Å². The molecule has 2 rings (SSSR count). The second-order valence-electron chi connectivity index (χ2n) is 3.87. The molecule has 2 heterocycles. The van der Waals surface area contributed by atoms with Gasteiger partial charge in [-0.1, -0.05) is 0 Å². The predicted octanol–water partition coefficient (Wildman–Crippen LogP) is 0.882. The van der Waals surface area contributed by atoms with Gasteiger partial charge < -0.3 is 15.2 Å². The van der Waals surface area contributed by atoms with Crippen molar-refractivity contribution in [2.45, 2.75) is 12.8 Å². The third-order valence-electron chi connectivity index (χ3n) is 2.72. The lowest BCUT2D eigenvalue weighted by molar-refractivity contribution is 0.352. The molecule has 0 radical (unpaired) electrons. The second kappa shape index (κ2) is 5.62. The summed E-state index contributed by atoms with van der Waals surface area (Å²) in [5.74, 6) is 0.684. The van der Waals surface area contributed by atoms with Gasteiger partial charge in [0.2, 0.25) is 0 Å². The van der Waals surface area contributed by atoms with Crippen molar-refractivity contribution in [3.63, 3.8) is 0 Å². The maximum atomic E-state index is 11.3. The van der Waals surface area contributed by atoms with Crippen molar-refractivity contribution in [1.82, 2.24) is 14.9 Å². The molecule has 0 bridgehead atoms. The Balaban J connectivity index is 1.84. The van der Waals surface area contributed by atoms with E-state index in [-0.39, 0.29) is 5.56 Å². The number of hydrogen-bond donors (Lipinski definition) is 2. The summed E-state index contributed by atoms with van der Waals surface area (Å²) in [5.41, 5.74) is -0.0840. The maximum absolute atomic E-state index is 11.3. The number of halogens is 1. The first-order chi connectivity index (χ1) is 7.77. The molecule has 0 amide bonds. The fourth-order valence-electron chi connectivity index (χ4n) is 1.84. The van der Waals surface area contributed by atoms with Crippen LogP contribution in [0.1, 0.15) is 12.8 Å². The van der Waals surface area contributed by atoms with Crippen LogP contribution >= 0.6 is 22.6 Å². The lowest BCUT2D eigenvalue weighted by Crippen LogP contribution is -2.27. The number of hydrogen-bond acceptors (Lipinski definition) is 4. The van der Waals surface area contributed by atoms with Gasteiger partial charge in [0.1, 0.15) is 9.39 Å². The van der Waals surface area contributed by atoms with Crippen LogP contribution in [0.15, 0.2) is 11.1 Å². The third kappa shape index (κ3) is 2.94. The van der Waals surface area contributed by atoms with E-state index < -0.39 is 0 Å². The third-order valence-corrected chi connectivity index (χ3v) is 3.72. The number of likely N-dealkylation sites (tertiary alicyclic amines) is 1. The number of nitrogens with one attached hydrogen (secondary N) is 2. The molecule has 1 aliphatic heterocycles. The zero-order chi connectivity index (χ0) is 11.4. The van der Waals surface area contributed by atoms with Crippen LogP contribution in [0, 0.1) is 3.57 Å². The van der Waals surface area contributed by atoms with E-state index in [1.165, 1.54) is 32.3 Å². The molecule has 1 fully saturated rings. The first-order valence-electron chi connectivity index (χ1n) is 5.47. The van der Waals surface area contributed by atoms with E-state index in [0.29, 0.717) is 9.39 Å². The number of rotatable bonds is 4. The van der Waals surface area contributed by atoms with Gasteiger partial charge >= 0.3 is 0 Å². The van der Waals surface area contributed by atoms with Crippen molar-refractivity contribution < 1.29 is 0 Å². The Morgan fingerprint density at radius 2 is 2.25 bits per heavy atom. The second-order valence-corrected chi connectivity index (χ2v) is 4.95. The van der Waals surface area contributed by atoms with Gasteiger partial charge in [-0.3, -0.25) is 4.79 Å². The van der Waals surface area contributed by atoms with Gasteiger partial charge in [0.05, 0.1) is 6.33 Å². The summed E-state index contributed by atoms with van der Waals surface area (Å²) in [7, 11) is 0. The van der Waals surface area contributed by atoms with Gasteiger partial charge in [0.25, 0.3) is 5.56 Å². The molecule has 88 valence electrons. The normalized spacial score (nSPS) is 16.6. The fraction of sp³-hybridized carbons (Fsp3) is 0.600. The van der Waals surface area contributed by atoms with Crippen molar-refractivity contribution in [1.29, 1.82) is 0 Å². The van der Waals surface area contributed by atoms with Gasteiger partial charge in [0, 0.05) is 13.1 Å². The van der Waals surface area contributed by atoms with E-state index in [1.807, 2.05) is 22.6 Å². The SMILES string of the molecule is O=c1[nH]cnc(NCCN2CCCC2)c1I. The Morgan fingerprint density at radius 1 is 1.50 bits per heavy atom. The van der Waals surface area contributed by atoms with Crippen LogP contribution < -0.4 is 10.9 Å². The Labute approximate surface area is 108 Å². The minimum absolute atomic E-state index is 0.0840. The Morgan fingerprint density at radius 3 is 3.00 bits per heavy atom. The van der Waals surface area contributed by atoms with Crippen LogP contribution in [0.25, 0.3) is 0 Å². The molecule has 0 aromatic carbocycles. The van der Waals surface area contributed by atoms with Crippen LogP contribution in [0.3, 0.4) is 0 Å². The fourth-order valence-corrected chi connectivity index (χ4v) is 2.33. The molecule has 6 heteroatoms. The minimum atomic E-state index is -0.0840. The monoisotopic (exact) mass is 334 g/mol. The smallest absolute Gasteiger partial charge is 0.266 e. The van der Waals surface area contributed by atoms with E-state index in [0.717, 1.165) is 13.1 Å². The van der Waals surface area contributed by atoms with Crippen LogP contribution in [-0.4, -0.2) is 41.0 Å². The van der Waals surface area contributed by atoms with Gasteiger partial charge in [-0.05, 0) is 48.5 Å². The molecule has 0 spiro atoms. The summed E-state index contributed by atoms with van der Waals surface area (Å²) in [6.45, 7) is 4.25.